The Bertz CT molecular complexity index is 516. The molecule has 0 aromatic heterocycles. The van der Waals surface area contributed by atoms with Gasteiger partial charge in [-0.15, -0.1) is 0 Å². The van der Waals surface area contributed by atoms with Crippen LogP contribution in [0.25, 0.3) is 0 Å². The Hall–Kier alpha value is -1.22. The summed E-state index contributed by atoms with van der Waals surface area (Å²) in [6, 6.07) is 5.55. The van der Waals surface area contributed by atoms with Gasteiger partial charge in [-0.2, -0.15) is 0 Å². The molecule has 0 fully saturated rings. The van der Waals surface area contributed by atoms with Gasteiger partial charge in [0.1, 0.15) is 5.75 Å². The molecule has 0 amide bonds. The van der Waals surface area contributed by atoms with Crippen molar-refractivity contribution in [2.45, 2.75) is 90.9 Å². The normalized spacial score (nSPS) is 10.8. The third kappa shape index (κ3) is 12.7. The number of hydrogen-bond donors (Lipinski definition) is 0. The van der Waals surface area contributed by atoms with Gasteiger partial charge in [-0.1, -0.05) is 76.3 Å². The van der Waals surface area contributed by atoms with Crippen LogP contribution in [0.3, 0.4) is 0 Å². The van der Waals surface area contributed by atoms with Crippen LogP contribution in [0.15, 0.2) is 18.2 Å². The molecular weight excluding hydrogens is 360 g/mol. The van der Waals surface area contributed by atoms with Crippen LogP contribution in [0.2, 0.25) is 5.02 Å². The van der Waals surface area contributed by atoms with E-state index in [-0.39, 0.29) is 5.97 Å². The zero-order chi connectivity index (χ0) is 19.7. The number of carbonyl (C=O) groups is 1. The van der Waals surface area contributed by atoms with Crippen molar-refractivity contribution >= 4 is 17.6 Å². The number of aryl methyl sites for hydroxylation is 1. The zero-order valence-corrected chi connectivity index (χ0v) is 18.0. The van der Waals surface area contributed by atoms with Crippen LogP contribution in [0.5, 0.6) is 5.75 Å². The highest BCUT2D eigenvalue weighted by Crippen LogP contribution is 2.22. The van der Waals surface area contributed by atoms with Gasteiger partial charge in [0.15, 0.2) is 0 Å². The molecule has 3 nitrogen and oxygen atoms in total. The summed E-state index contributed by atoms with van der Waals surface area (Å²) in [7, 11) is 0. The third-order valence-electron chi connectivity index (χ3n) is 4.68. The van der Waals surface area contributed by atoms with Crippen molar-refractivity contribution in [1.29, 1.82) is 0 Å². The minimum absolute atomic E-state index is 0.123. The molecule has 0 saturated heterocycles. The summed E-state index contributed by atoms with van der Waals surface area (Å²) in [5.74, 6) is 0.695. The summed E-state index contributed by atoms with van der Waals surface area (Å²) in [5.41, 5.74) is 1.01. The largest absolute Gasteiger partial charge is 0.493 e. The molecule has 0 aliphatic rings. The zero-order valence-electron chi connectivity index (χ0n) is 17.2. The number of unbranched alkanes of at least 4 members (excludes halogenated alkanes) is 9. The van der Waals surface area contributed by atoms with Crippen LogP contribution >= 0.6 is 11.6 Å². The number of hydrogen-bond acceptors (Lipinski definition) is 3. The van der Waals surface area contributed by atoms with E-state index >= 15 is 0 Å². The van der Waals surface area contributed by atoms with Gasteiger partial charge in [0.05, 0.1) is 13.2 Å². The molecule has 0 aliphatic carbocycles. The van der Waals surface area contributed by atoms with Crippen LogP contribution < -0.4 is 4.74 Å². The average molecular weight is 397 g/mol. The smallest absolute Gasteiger partial charge is 0.305 e. The van der Waals surface area contributed by atoms with Gasteiger partial charge in [-0.3, -0.25) is 4.79 Å². The first-order valence-electron chi connectivity index (χ1n) is 10.7. The molecule has 0 saturated carbocycles. The number of rotatable bonds is 16. The highest BCUT2D eigenvalue weighted by molar-refractivity contribution is 6.30. The molecule has 1 aromatic carbocycles. The van der Waals surface area contributed by atoms with Gasteiger partial charge >= 0.3 is 5.97 Å². The van der Waals surface area contributed by atoms with Gasteiger partial charge in [-0.05, 0) is 43.5 Å². The highest BCUT2D eigenvalue weighted by atomic mass is 35.5. The van der Waals surface area contributed by atoms with Crippen molar-refractivity contribution in [3.8, 4) is 5.75 Å². The average Bonchev–Trinajstić information content (AvgIpc) is 2.64. The second-order valence-corrected chi connectivity index (χ2v) is 7.70. The predicted molar refractivity (Wildman–Crippen MR) is 114 cm³/mol. The lowest BCUT2D eigenvalue weighted by molar-refractivity contribution is -0.144. The maximum absolute atomic E-state index is 11.7. The van der Waals surface area contributed by atoms with Crippen molar-refractivity contribution in [2.24, 2.45) is 0 Å². The Morgan fingerprint density at radius 1 is 0.889 bits per heavy atom. The van der Waals surface area contributed by atoms with E-state index in [1.54, 1.807) is 0 Å². The van der Waals surface area contributed by atoms with Crippen molar-refractivity contribution in [3.05, 3.63) is 28.8 Å². The summed E-state index contributed by atoms with van der Waals surface area (Å²) >= 11 is 5.92. The molecule has 0 radical (unpaired) electrons. The maximum Gasteiger partial charge on any atom is 0.305 e. The fourth-order valence-electron chi connectivity index (χ4n) is 3.02. The van der Waals surface area contributed by atoms with Crippen molar-refractivity contribution < 1.29 is 14.3 Å². The van der Waals surface area contributed by atoms with E-state index in [2.05, 4.69) is 6.92 Å². The molecular formula is C23H37ClO3. The highest BCUT2D eigenvalue weighted by Gasteiger charge is 2.04. The van der Waals surface area contributed by atoms with Crippen LogP contribution in [0, 0.1) is 6.92 Å². The first-order chi connectivity index (χ1) is 13.1. The summed E-state index contributed by atoms with van der Waals surface area (Å²) < 4.78 is 11.0. The second-order valence-electron chi connectivity index (χ2n) is 7.26. The van der Waals surface area contributed by atoms with Crippen LogP contribution in [0.4, 0.5) is 0 Å². The summed E-state index contributed by atoms with van der Waals surface area (Å²) in [6.45, 7) is 5.27. The van der Waals surface area contributed by atoms with E-state index in [0.717, 1.165) is 24.2 Å². The van der Waals surface area contributed by atoms with E-state index in [0.29, 0.717) is 31.1 Å². The Morgan fingerprint density at radius 2 is 1.52 bits per heavy atom. The lowest BCUT2D eigenvalue weighted by atomic mass is 10.1. The Kier molecular flexibility index (Phi) is 13.9. The molecule has 0 aliphatic heterocycles. The Labute approximate surface area is 170 Å². The lowest BCUT2D eigenvalue weighted by Crippen LogP contribution is -2.08. The van der Waals surface area contributed by atoms with Gasteiger partial charge in [0.25, 0.3) is 0 Å². The molecule has 0 atom stereocenters. The Morgan fingerprint density at radius 3 is 2.15 bits per heavy atom. The number of carbonyl (C=O) groups excluding carboxylic acids is 1. The van der Waals surface area contributed by atoms with E-state index in [1.807, 2.05) is 25.1 Å². The minimum atomic E-state index is -0.123. The molecule has 0 spiro atoms. The second kappa shape index (κ2) is 15.8. The SMILES string of the molecule is CCCCCCCCCCCCOC(=O)CCCOc1ccc(Cl)cc1C. The van der Waals surface area contributed by atoms with E-state index in [9.17, 15) is 4.79 Å². The van der Waals surface area contributed by atoms with E-state index in [1.165, 1.54) is 51.4 Å². The Balaban J connectivity index is 1.90. The maximum atomic E-state index is 11.7. The molecule has 0 heterocycles. The van der Waals surface area contributed by atoms with Crippen molar-refractivity contribution in [2.75, 3.05) is 13.2 Å². The molecule has 0 N–H and O–H groups in total. The van der Waals surface area contributed by atoms with Crippen LogP contribution in [-0.4, -0.2) is 19.2 Å². The quantitative estimate of drug-likeness (QED) is 0.217. The predicted octanol–water partition coefficient (Wildman–Crippen LogP) is 7.27. The fraction of sp³-hybridized carbons (Fsp3) is 0.696. The van der Waals surface area contributed by atoms with Crippen molar-refractivity contribution in [3.63, 3.8) is 0 Å². The number of ether oxygens (including phenoxy) is 2. The third-order valence-corrected chi connectivity index (χ3v) is 4.92. The molecule has 27 heavy (non-hydrogen) atoms. The van der Waals surface area contributed by atoms with Gasteiger partial charge in [-0.25, -0.2) is 0 Å². The van der Waals surface area contributed by atoms with Crippen LogP contribution in [-0.2, 0) is 9.53 Å². The monoisotopic (exact) mass is 396 g/mol. The molecule has 4 heteroatoms. The van der Waals surface area contributed by atoms with Gasteiger partial charge in [0, 0.05) is 11.4 Å². The number of benzene rings is 1. The number of esters is 1. The van der Waals surface area contributed by atoms with Crippen molar-refractivity contribution in [1.82, 2.24) is 0 Å². The van der Waals surface area contributed by atoms with E-state index < -0.39 is 0 Å². The number of halogens is 1. The molecule has 0 bridgehead atoms. The van der Waals surface area contributed by atoms with Gasteiger partial charge < -0.3 is 9.47 Å². The topological polar surface area (TPSA) is 35.5 Å². The molecule has 1 rings (SSSR count). The van der Waals surface area contributed by atoms with E-state index in [4.69, 9.17) is 21.1 Å². The first kappa shape index (κ1) is 23.8. The van der Waals surface area contributed by atoms with Gasteiger partial charge in [0.2, 0.25) is 0 Å². The standard InChI is InChI=1S/C23H37ClO3/c1-3-4-5-6-7-8-9-10-11-12-17-27-23(25)14-13-18-26-22-16-15-21(24)19-20(22)2/h15-16,19H,3-14,17-18H2,1-2H3. The molecule has 0 unspecified atom stereocenters. The summed E-state index contributed by atoms with van der Waals surface area (Å²) in [6.07, 6.45) is 13.9. The summed E-state index contributed by atoms with van der Waals surface area (Å²) in [4.78, 5) is 11.7. The minimum Gasteiger partial charge on any atom is -0.493 e. The first-order valence-corrected chi connectivity index (χ1v) is 11.1. The lowest BCUT2D eigenvalue weighted by Gasteiger charge is -2.09. The summed E-state index contributed by atoms with van der Waals surface area (Å²) in [5, 5.41) is 0.704. The molecule has 1 aromatic rings. The van der Waals surface area contributed by atoms with Crippen LogP contribution in [0.1, 0.15) is 89.5 Å². The molecule has 154 valence electrons. The fourth-order valence-corrected chi connectivity index (χ4v) is 3.25.